The Morgan fingerprint density at radius 3 is 2.31 bits per heavy atom. The van der Waals surface area contributed by atoms with Gasteiger partial charge in [-0.3, -0.25) is 9.10 Å². The molecule has 2 aromatic carbocycles. The van der Waals surface area contributed by atoms with Gasteiger partial charge in [0.25, 0.3) is 5.91 Å². The summed E-state index contributed by atoms with van der Waals surface area (Å²) in [6, 6.07) is 14.7. The molecule has 26 heavy (non-hydrogen) atoms. The van der Waals surface area contributed by atoms with E-state index in [4.69, 9.17) is 0 Å². The first-order chi connectivity index (χ1) is 12.4. The summed E-state index contributed by atoms with van der Waals surface area (Å²) >= 11 is 0. The molecular weight excluding hydrogens is 348 g/mol. The first-order valence-electron chi connectivity index (χ1n) is 8.85. The Labute approximate surface area is 155 Å². The third-order valence-electron chi connectivity index (χ3n) is 4.69. The van der Waals surface area contributed by atoms with Crippen molar-refractivity contribution in [2.75, 3.05) is 16.6 Å². The maximum atomic E-state index is 12.5. The zero-order valence-electron chi connectivity index (χ0n) is 15.1. The quantitative estimate of drug-likeness (QED) is 0.894. The van der Waals surface area contributed by atoms with Crippen molar-refractivity contribution in [1.29, 1.82) is 0 Å². The predicted octanol–water partition coefficient (Wildman–Crippen LogP) is 3.42. The second-order valence-corrected chi connectivity index (χ2v) is 8.76. The Morgan fingerprint density at radius 1 is 1.04 bits per heavy atom. The molecule has 1 fully saturated rings. The zero-order valence-corrected chi connectivity index (χ0v) is 15.9. The number of hydrogen-bond acceptors (Lipinski definition) is 3. The molecule has 1 amide bonds. The zero-order chi connectivity index (χ0) is 18.7. The van der Waals surface area contributed by atoms with Crippen LogP contribution in [0.3, 0.4) is 0 Å². The van der Waals surface area contributed by atoms with Gasteiger partial charge in [-0.25, -0.2) is 8.42 Å². The Hall–Kier alpha value is -2.34. The maximum absolute atomic E-state index is 12.5. The Bertz CT molecular complexity index is 874. The van der Waals surface area contributed by atoms with Gasteiger partial charge >= 0.3 is 0 Å². The molecule has 1 saturated heterocycles. The molecule has 1 heterocycles. The lowest BCUT2D eigenvalue weighted by Gasteiger charge is -2.28. The van der Waals surface area contributed by atoms with Crippen LogP contribution < -0.4 is 9.62 Å². The number of aryl methyl sites for hydroxylation is 1. The third-order valence-corrected chi connectivity index (χ3v) is 6.56. The monoisotopic (exact) mass is 372 g/mol. The second-order valence-electron chi connectivity index (χ2n) is 6.75. The standard InChI is InChI=1S/C20H24N2O3S/c1-15-5-7-17(8-6-15)16(2)21-20(23)18-9-11-19(12-10-18)22-13-3-4-14-26(22,24)25/h5-12,16H,3-4,13-14H2,1-2H3,(H,21,23)/t16-/m1/s1. The number of hydrogen-bond donors (Lipinski definition) is 1. The molecule has 1 aliphatic rings. The highest BCUT2D eigenvalue weighted by Crippen LogP contribution is 2.24. The summed E-state index contributed by atoms with van der Waals surface area (Å²) in [4.78, 5) is 12.5. The average Bonchev–Trinajstić information content (AvgIpc) is 2.62. The minimum atomic E-state index is -3.24. The van der Waals surface area contributed by atoms with Gasteiger partial charge in [-0.05, 0) is 56.5 Å². The molecule has 1 atom stereocenters. The second kappa shape index (κ2) is 7.50. The highest BCUT2D eigenvalue weighted by molar-refractivity contribution is 7.92. The molecular formula is C20H24N2O3S. The van der Waals surface area contributed by atoms with E-state index in [0.717, 1.165) is 12.0 Å². The lowest BCUT2D eigenvalue weighted by atomic mass is 10.1. The van der Waals surface area contributed by atoms with Crippen molar-refractivity contribution in [3.8, 4) is 0 Å². The Morgan fingerprint density at radius 2 is 1.69 bits per heavy atom. The largest absolute Gasteiger partial charge is 0.346 e. The molecule has 0 aromatic heterocycles. The van der Waals surface area contributed by atoms with Crippen LogP contribution in [-0.4, -0.2) is 26.6 Å². The number of carbonyl (C=O) groups excluding carboxylic acids is 1. The molecule has 1 N–H and O–H groups in total. The maximum Gasteiger partial charge on any atom is 0.251 e. The number of nitrogens with one attached hydrogen (secondary N) is 1. The van der Waals surface area contributed by atoms with Gasteiger partial charge in [-0.15, -0.1) is 0 Å². The van der Waals surface area contributed by atoms with Crippen LogP contribution in [0.1, 0.15) is 47.3 Å². The number of benzene rings is 2. The van der Waals surface area contributed by atoms with E-state index in [2.05, 4.69) is 5.32 Å². The minimum absolute atomic E-state index is 0.106. The van der Waals surface area contributed by atoms with Crippen molar-refractivity contribution in [3.63, 3.8) is 0 Å². The van der Waals surface area contributed by atoms with Crippen molar-refractivity contribution >= 4 is 21.6 Å². The number of rotatable bonds is 4. The fourth-order valence-corrected chi connectivity index (χ4v) is 4.72. The van der Waals surface area contributed by atoms with Crippen LogP contribution >= 0.6 is 0 Å². The summed E-state index contributed by atoms with van der Waals surface area (Å²) in [7, 11) is -3.24. The van der Waals surface area contributed by atoms with Crippen molar-refractivity contribution in [2.24, 2.45) is 0 Å². The number of amides is 1. The van der Waals surface area contributed by atoms with E-state index in [1.807, 2.05) is 38.1 Å². The highest BCUT2D eigenvalue weighted by Gasteiger charge is 2.26. The topological polar surface area (TPSA) is 66.5 Å². The molecule has 3 rings (SSSR count). The van der Waals surface area contributed by atoms with Gasteiger partial charge in [0.15, 0.2) is 0 Å². The van der Waals surface area contributed by atoms with Gasteiger partial charge in [0.05, 0.1) is 17.5 Å². The minimum Gasteiger partial charge on any atom is -0.346 e. The number of sulfonamides is 1. The molecule has 0 unspecified atom stereocenters. The van der Waals surface area contributed by atoms with Crippen LogP contribution in [-0.2, 0) is 10.0 Å². The van der Waals surface area contributed by atoms with Gasteiger partial charge in [-0.2, -0.15) is 0 Å². The van der Waals surface area contributed by atoms with Gasteiger partial charge < -0.3 is 5.32 Å². The predicted molar refractivity (Wildman–Crippen MR) is 104 cm³/mol. The van der Waals surface area contributed by atoms with Crippen molar-refractivity contribution < 1.29 is 13.2 Å². The number of nitrogens with zero attached hydrogens (tertiary/aromatic N) is 1. The van der Waals surface area contributed by atoms with Gasteiger partial charge in [-0.1, -0.05) is 29.8 Å². The summed E-state index contributed by atoms with van der Waals surface area (Å²) in [6.45, 7) is 4.46. The van der Waals surface area contributed by atoms with Crippen molar-refractivity contribution in [3.05, 3.63) is 65.2 Å². The van der Waals surface area contributed by atoms with Gasteiger partial charge in [0, 0.05) is 12.1 Å². The number of anilines is 1. The van der Waals surface area contributed by atoms with Crippen LogP contribution in [0.5, 0.6) is 0 Å². The van der Waals surface area contributed by atoms with Crippen LogP contribution in [0.2, 0.25) is 0 Å². The van der Waals surface area contributed by atoms with Gasteiger partial charge in [0.1, 0.15) is 0 Å². The molecule has 0 bridgehead atoms. The van der Waals surface area contributed by atoms with Crippen LogP contribution in [0.25, 0.3) is 0 Å². The molecule has 138 valence electrons. The van der Waals surface area contributed by atoms with E-state index in [1.54, 1.807) is 24.3 Å². The summed E-state index contributed by atoms with van der Waals surface area (Å²) in [6.07, 6.45) is 1.56. The van der Waals surface area contributed by atoms with E-state index in [9.17, 15) is 13.2 Å². The number of carbonyl (C=O) groups is 1. The first-order valence-corrected chi connectivity index (χ1v) is 10.5. The lowest BCUT2D eigenvalue weighted by Crippen LogP contribution is -2.37. The molecule has 6 heteroatoms. The molecule has 5 nitrogen and oxygen atoms in total. The molecule has 0 spiro atoms. The summed E-state index contributed by atoms with van der Waals surface area (Å²) in [5.74, 6) is 0.00895. The normalized spacial score (nSPS) is 17.5. The lowest BCUT2D eigenvalue weighted by molar-refractivity contribution is 0.0940. The van der Waals surface area contributed by atoms with E-state index >= 15 is 0 Å². The van der Waals surface area contributed by atoms with E-state index in [1.165, 1.54) is 9.87 Å². The Kier molecular flexibility index (Phi) is 5.32. The van der Waals surface area contributed by atoms with Crippen molar-refractivity contribution in [1.82, 2.24) is 5.32 Å². The van der Waals surface area contributed by atoms with E-state index in [0.29, 0.717) is 24.2 Å². The molecule has 0 radical (unpaired) electrons. The fraction of sp³-hybridized carbons (Fsp3) is 0.350. The molecule has 1 aliphatic heterocycles. The summed E-state index contributed by atoms with van der Waals surface area (Å²) in [5.41, 5.74) is 3.35. The molecule has 0 saturated carbocycles. The van der Waals surface area contributed by atoms with Crippen LogP contribution in [0.15, 0.2) is 48.5 Å². The van der Waals surface area contributed by atoms with Gasteiger partial charge in [0.2, 0.25) is 10.0 Å². The summed E-state index contributed by atoms with van der Waals surface area (Å²) in [5, 5.41) is 2.98. The van der Waals surface area contributed by atoms with Crippen molar-refractivity contribution in [2.45, 2.75) is 32.7 Å². The highest BCUT2D eigenvalue weighted by atomic mass is 32.2. The smallest absolute Gasteiger partial charge is 0.251 e. The first kappa shape index (κ1) is 18.5. The average molecular weight is 372 g/mol. The molecule has 0 aliphatic carbocycles. The third kappa shape index (κ3) is 4.07. The van der Waals surface area contributed by atoms with E-state index in [-0.39, 0.29) is 17.7 Å². The summed E-state index contributed by atoms with van der Waals surface area (Å²) < 4.78 is 25.8. The van der Waals surface area contributed by atoms with Crippen LogP contribution in [0.4, 0.5) is 5.69 Å². The van der Waals surface area contributed by atoms with Crippen LogP contribution in [0, 0.1) is 6.92 Å². The Balaban J connectivity index is 1.70. The fourth-order valence-electron chi connectivity index (χ4n) is 3.08. The SMILES string of the molecule is Cc1ccc([C@@H](C)NC(=O)c2ccc(N3CCCCS3(=O)=O)cc2)cc1. The molecule has 2 aromatic rings. The van der Waals surface area contributed by atoms with E-state index < -0.39 is 10.0 Å².